The van der Waals surface area contributed by atoms with Crippen LogP contribution in [-0.4, -0.2) is 52.7 Å². The van der Waals surface area contributed by atoms with Gasteiger partial charge in [0.05, 0.1) is 37.3 Å². The van der Waals surface area contributed by atoms with Crippen molar-refractivity contribution in [3.05, 3.63) is 59.8 Å². The molecule has 0 bridgehead atoms. The van der Waals surface area contributed by atoms with Gasteiger partial charge in [-0.3, -0.25) is 4.90 Å². The normalized spacial score (nSPS) is 14.2. The zero-order chi connectivity index (χ0) is 25.5. The summed E-state index contributed by atoms with van der Waals surface area (Å²) in [4.78, 5) is 2.41. The van der Waals surface area contributed by atoms with Crippen LogP contribution in [0.5, 0.6) is 23.1 Å². The fourth-order valence-corrected chi connectivity index (χ4v) is 4.52. The van der Waals surface area contributed by atoms with E-state index in [0.717, 1.165) is 61.2 Å². The summed E-state index contributed by atoms with van der Waals surface area (Å²) in [5, 5.41) is 15.7. The van der Waals surface area contributed by atoms with Crippen LogP contribution in [0.1, 0.15) is 57.2 Å². The molecule has 36 heavy (non-hydrogen) atoms. The maximum Gasteiger partial charge on any atom is 0.227 e. The zero-order valence-corrected chi connectivity index (χ0v) is 21.9. The van der Waals surface area contributed by atoms with Gasteiger partial charge >= 0.3 is 0 Å². The largest absolute Gasteiger partial charge is 0.497 e. The van der Waals surface area contributed by atoms with E-state index in [2.05, 4.69) is 18.7 Å². The highest BCUT2D eigenvalue weighted by molar-refractivity contribution is 5.48. The van der Waals surface area contributed by atoms with Crippen LogP contribution in [0.25, 0.3) is 5.69 Å². The van der Waals surface area contributed by atoms with Crippen molar-refractivity contribution in [3.63, 3.8) is 0 Å². The van der Waals surface area contributed by atoms with Gasteiger partial charge in [-0.15, -0.1) is 0 Å². The van der Waals surface area contributed by atoms with Gasteiger partial charge in [0, 0.05) is 19.1 Å². The van der Waals surface area contributed by atoms with Crippen molar-refractivity contribution in [3.8, 4) is 28.8 Å². The molecule has 0 amide bonds. The fourth-order valence-electron chi connectivity index (χ4n) is 4.52. The van der Waals surface area contributed by atoms with Gasteiger partial charge in [-0.1, -0.05) is 38.8 Å². The molecule has 0 saturated heterocycles. The minimum Gasteiger partial charge on any atom is -0.497 e. The van der Waals surface area contributed by atoms with Crippen LogP contribution >= 0.6 is 0 Å². The van der Waals surface area contributed by atoms with Gasteiger partial charge in [0.15, 0.2) is 11.5 Å². The van der Waals surface area contributed by atoms with Crippen LogP contribution in [0.2, 0.25) is 0 Å². The van der Waals surface area contributed by atoms with E-state index in [1.165, 1.54) is 0 Å². The highest BCUT2D eigenvalue weighted by Crippen LogP contribution is 2.38. The van der Waals surface area contributed by atoms with E-state index in [4.69, 9.17) is 19.3 Å². The maximum absolute atomic E-state index is 10.7. The summed E-state index contributed by atoms with van der Waals surface area (Å²) < 4.78 is 19.4. The van der Waals surface area contributed by atoms with Crippen molar-refractivity contribution < 1.29 is 19.3 Å². The molecule has 194 valence electrons. The molecule has 1 aliphatic rings. The number of hydrogen-bond acceptors (Lipinski definition) is 6. The lowest BCUT2D eigenvalue weighted by atomic mass is 10.1. The molecule has 0 radical (unpaired) electrons. The molecule has 1 atom stereocenters. The summed E-state index contributed by atoms with van der Waals surface area (Å²) in [6.07, 6.45) is 5.73. The number of unbranched alkanes of at least 4 members (excludes halogenated alkanes) is 1. The molecule has 7 nitrogen and oxygen atoms in total. The van der Waals surface area contributed by atoms with Gasteiger partial charge in [0.2, 0.25) is 5.88 Å². The highest BCUT2D eigenvalue weighted by Gasteiger charge is 2.33. The smallest absolute Gasteiger partial charge is 0.227 e. The Morgan fingerprint density at radius 1 is 1.03 bits per heavy atom. The van der Waals surface area contributed by atoms with E-state index in [-0.39, 0.29) is 6.10 Å². The van der Waals surface area contributed by atoms with Crippen molar-refractivity contribution in [2.24, 2.45) is 0 Å². The molecule has 1 saturated carbocycles. The van der Waals surface area contributed by atoms with Crippen molar-refractivity contribution in [2.45, 2.75) is 71.1 Å². The average molecular weight is 494 g/mol. The number of methoxy groups -OCH3 is 2. The molecule has 1 fully saturated rings. The fraction of sp³-hybridized carbons (Fsp3) is 0.483. The summed E-state index contributed by atoms with van der Waals surface area (Å²) in [6, 6.07) is 16.0. The number of aliphatic hydroxyl groups excluding tert-OH is 1. The lowest BCUT2D eigenvalue weighted by molar-refractivity contribution is 0.0949. The number of hydrogen-bond donors (Lipinski definition) is 1. The summed E-state index contributed by atoms with van der Waals surface area (Å²) in [7, 11) is 3.31. The molecule has 1 heterocycles. The second-order valence-corrected chi connectivity index (χ2v) is 9.40. The number of rotatable bonds is 14. The standard InChI is InChI=1S/C29H39N3O4/c1-5-7-10-23(33)19-31(21-13-14-21)20-25-26(6-2)30-32(22-15-17-24(34-3)18-16-22)29(25)36-28-12-9-8-11-27(28)35-4/h8-9,11-12,15-18,21,23,33H,5-7,10,13-14,19-20H2,1-4H3/t23-/m0/s1. The molecule has 4 rings (SSSR count). The summed E-state index contributed by atoms with van der Waals surface area (Å²) >= 11 is 0. The Balaban J connectivity index is 1.74. The van der Waals surface area contributed by atoms with E-state index in [0.29, 0.717) is 36.5 Å². The molecule has 0 spiro atoms. The quantitative estimate of drug-likeness (QED) is 0.308. The maximum atomic E-state index is 10.7. The second-order valence-electron chi connectivity index (χ2n) is 9.40. The van der Waals surface area contributed by atoms with Crippen molar-refractivity contribution in [1.29, 1.82) is 0 Å². The third kappa shape index (κ3) is 6.20. The third-order valence-corrected chi connectivity index (χ3v) is 6.71. The zero-order valence-electron chi connectivity index (χ0n) is 21.9. The molecule has 1 aliphatic carbocycles. The molecule has 0 aliphatic heterocycles. The molecule has 1 aromatic heterocycles. The van der Waals surface area contributed by atoms with Crippen molar-refractivity contribution in [2.75, 3.05) is 20.8 Å². The summed E-state index contributed by atoms with van der Waals surface area (Å²) in [5.74, 6) is 2.77. The Bertz CT molecular complexity index is 1110. The minimum absolute atomic E-state index is 0.328. The Labute approximate surface area is 214 Å². The molecular weight excluding hydrogens is 454 g/mol. The summed E-state index contributed by atoms with van der Waals surface area (Å²) in [6.45, 7) is 5.62. The predicted molar refractivity (Wildman–Crippen MR) is 142 cm³/mol. The van der Waals surface area contributed by atoms with E-state index in [9.17, 15) is 5.11 Å². The first-order chi connectivity index (χ1) is 17.6. The highest BCUT2D eigenvalue weighted by atomic mass is 16.5. The van der Waals surface area contributed by atoms with Gasteiger partial charge in [0.1, 0.15) is 5.75 Å². The topological polar surface area (TPSA) is 69.0 Å². The second kappa shape index (κ2) is 12.3. The SMILES string of the molecule is CCCC[C@H](O)CN(Cc1c(CC)nn(-c2ccc(OC)cc2)c1Oc1ccccc1OC)C1CC1. The van der Waals surface area contributed by atoms with Gasteiger partial charge < -0.3 is 19.3 Å². The van der Waals surface area contributed by atoms with Crippen LogP contribution in [0.4, 0.5) is 0 Å². The Hall–Kier alpha value is -3.03. The lowest BCUT2D eigenvalue weighted by Crippen LogP contribution is -2.34. The third-order valence-electron chi connectivity index (χ3n) is 6.71. The predicted octanol–water partition coefficient (Wildman–Crippen LogP) is 5.76. The first kappa shape index (κ1) is 26.0. The molecule has 0 unspecified atom stereocenters. The first-order valence-corrected chi connectivity index (χ1v) is 13.1. The monoisotopic (exact) mass is 493 g/mol. The molecule has 3 aromatic rings. The van der Waals surface area contributed by atoms with Gasteiger partial charge in [-0.25, -0.2) is 4.68 Å². The molecule has 1 N–H and O–H groups in total. The van der Waals surface area contributed by atoms with Gasteiger partial charge in [-0.2, -0.15) is 5.10 Å². The average Bonchev–Trinajstić information content (AvgIpc) is 3.71. The van der Waals surface area contributed by atoms with Crippen molar-refractivity contribution in [1.82, 2.24) is 14.7 Å². The number of nitrogens with zero attached hydrogens (tertiary/aromatic N) is 3. The minimum atomic E-state index is -0.328. The number of aryl methyl sites for hydroxylation is 1. The van der Waals surface area contributed by atoms with E-state index < -0.39 is 0 Å². The van der Waals surface area contributed by atoms with Crippen LogP contribution in [0, 0.1) is 0 Å². The number of aliphatic hydroxyl groups is 1. The van der Waals surface area contributed by atoms with E-state index in [1.54, 1.807) is 14.2 Å². The number of ether oxygens (including phenoxy) is 3. The Morgan fingerprint density at radius 3 is 2.36 bits per heavy atom. The number of para-hydroxylation sites is 2. The van der Waals surface area contributed by atoms with Gasteiger partial charge in [0.25, 0.3) is 0 Å². The molecule has 7 heteroatoms. The first-order valence-electron chi connectivity index (χ1n) is 13.1. The van der Waals surface area contributed by atoms with Crippen LogP contribution in [0.3, 0.4) is 0 Å². The van der Waals surface area contributed by atoms with Crippen molar-refractivity contribution >= 4 is 0 Å². The van der Waals surface area contributed by atoms with Crippen LogP contribution in [-0.2, 0) is 13.0 Å². The van der Waals surface area contributed by atoms with E-state index in [1.807, 2.05) is 53.2 Å². The van der Waals surface area contributed by atoms with E-state index >= 15 is 0 Å². The molecular formula is C29H39N3O4. The Morgan fingerprint density at radius 2 is 1.75 bits per heavy atom. The van der Waals surface area contributed by atoms with Crippen LogP contribution in [0.15, 0.2) is 48.5 Å². The van der Waals surface area contributed by atoms with Crippen LogP contribution < -0.4 is 14.2 Å². The Kier molecular flexibility index (Phi) is 8.88. The number of aromatic nitrogens is 2. The number of benzene rings is 2. The van der Waals surface area contributed by atoms with Gasteiger partial charge in [-0.05, 0) is 62.1 Å². The molecule has 2 aromatic carbocycles. The lowest BCUT2D eigenvalue weighted by Gasteiger charge is -2.25. The summed E-state index contributed by atoms with van der Waals surface area (Å²) in [5.41, 5.74) is 2.93.